The van der Waals surface area contributed by atoms with Crippen molar-refractivity contribution in [2.45, 2.75) is 18.9 Å². The summed E-state index contributed by atoms with van der Waals surface area (Å²) in [6, 6.07) is 0. The Hall–Kier alpha value is 0.110. The van der Waals surface area contributed by atoms with Gasteiger partial charge in [0.2, 0.25) is 0 Å². The van der Waals surface area contributed by atoms with Crippen molar-refractivity contribution in [2.24, 2.45) is 0 Å². The van der Waals surface area contributed by atoms with Gasteiger partial charge in [0.25, 0.3) is 0 Å². The van der Waals surface area contributed by atoms with Crippen LogP contribution in [0, 0.1) is 0 Å². The summed E-state index contributed by atoms with van der Waals surface area (Å²) in [5.74, 6) is 0. The molecule has 0 saturated heterocycles. The molecule has 0 spiro atoms. The molecule has 0 aromatic carbocycles. The van der Waals surface area contributed by atoms with E-state index in [2.05, 4.69) is 15.9 Å². The van der Waals surface area contributed by atoms with Crippen LogP contribution in [0.1, 0.15) is 12.8 Å². The normalized spacial score (nSPS) is 13.1. The van der Waals surface area contributed by atoms with Crippen LogP contribution in [0.3, 0.4) is 0 Å². The zero-order valence-electron chi connectivity index (χ0n) is 5.47. The minimum atomic E-state index is 0.0990. The zero-order valence-corrected chi connectivity index (χ0v) is 7.06. The van der Waals surface area contributed by atoms with E-state index in [1.807, 2.05) is 0 Å². The van der Waals surface area contributed by atoms with E-state index in [0.717, 1.165) is 18.0 Å². The van der Waals surface area contributed by atoms with Crippen molar-refractivity contribution in [1.82, 2.24) is 0 Å². The third kappa shape index (κ3) is 4.60. The summed E-state index contributed by atoms with van der Waals surface area (Å²) < 4.78 is 4.97. The standard InChI is InChI=1S/C6H11BrO2/c1-9-6(2-4-7)3-5-8/h5-6H,2-4H2,1H3. The monoisotopic (exact) mass is 194 g/mol. The molecule has 0 N–H and O–H groups in total. The van der Waals surface area contributed by atoms with Gasteiger partial charge >= 0.3 is 0 Å². The quantitative estimate of drug-likeness (QED) is 0.489. The van der Waals surface area contributed by atoms with Crippen molar-refractivity contribution in [1.29, 1.82) is 0 Å². The number of carbonyl (C=O) groups is 1. The van der Waals surface area contributed by atoms with Crippen LogP contribution in [-0.2, 0) is 9.53 Å². The minimum Gasteiger partial charge on any atom is -0.381 e. The van der Waals surface area contributed by atoms with E-state index in [1.54, 1.807) is 7.11 Å². The number of aldehydes is 1. The molecule has 0 fully saturated rings. The van der Waals surface area contributed by atoms with Gasteiger partial charge in [-0.25, -0.2) is 0 Å². The van der Waals surface area contributed by atoms with E-state index >= 15 is 0 Å². The van der Waals surface area contributed by atoms with Crippen molar-refractivity contribution >= 4 is 22.2 Å². The van der Waals surface area contributed by atoms with Gasteiger partial charge in [-0.1, -0.05) is 15.9 Å². The average molecular weight is 195 g/mol. The highest BCUT2D eigenvalue weighted by Gasteiger charge is 2.03. The fourth-order valence-electron chi connectivity index (χ4n) is 0.561. The molecule has 0 aliphatic heterocycles. The molecule has 1 unspecified atom stereocenters. The van der Waals surface area contributed by atoms with Crippen molar-refractivity contribution in [2.75, 3.05) is 12.4 Å². The average Bonchev–Trinajstić information content (AvgIpc) is 1.88. The second kappa shape index (κ2) is 6.23. The highest BCUT2D eigenvalue weighted by molar-refractivity contribution is 9.09. The van der Waals surface area contributed by atoms with Crippen LogP contribution in [0.2, 0.25) is 0 Å². The summed E-state index contributed by atoms with van der Waals surface area (Å²) in [5, 5.41) is 0.888. The van der Waals surface area contributed by atoms with Crippen LogP contribution in [0.5, 0.6) is 0 Å². The molecule has 0 saturated carbocycles. The Labute approximate surface area is 63.7 Å². The number of carbonyl (C=O) groups excluding carboxylic acids is 1. The van der Waals surface area contributed by atoms with Gasteiger partial charge in [-0.15, -0.1) is 0 Å². The van der Waals surface area contributed by atoms with Gasteiger partial charge in [-0.3, -0.25) is 0 Å². The van der Waals surface area contributed by atoms with Gasteiger partial charge in [-0.2, -0.15) is 0 Å². The van der Waals surface area contributed by atoms with Crippen LogP contribution >= 0.6 is 15.9 Å². The van der Waals surface area contributed by atoms with Gasteiger partial charge in [-0.05, 0) is 6.42 Å². The van der Waals surface area contributed by atoms with Gasteiger partial charge in [0, 0.05) is 18.9 Å². The first-order valence-electron chi connectivity index (χ1n) is 2.87. The lowest BCUT2D eigenvalue weighted by Gasteiger charge is -2.08. The van der Waals surface area contributed by atoms with E-state index in [1.165, 1.54) is 0 Å². The third-order valence-corrected chi connectivity index (χ3v) is 1.58. The highest BCUT2D eigenvalue weighted by Crippen LogP contribution is 2.02. The minimum absolute atomic E-state index is 0.0990. The van der Waals surface area contributed by atoms with Crippen LogP contribution in [0.15, 0.2) is 0 Å². The number of alkyl halides is 1. The molecule has 0 aliphatic rings. The number of hydrogen-bond acceptors (Lipinski definition) is 2. The van der Waals surface area contributed by atoms with Crippen LogP contribution < -0.4 is 0 Å². The Morgan fingerprint density at radius 3 is 2.78 bits per heavy atom. The molecule has 0 bridgehead atoms. The Kier molecular flexibility index (Phi) is 6.31. The molecule has 0 amide bonds. The molecule has 0 aliphatic carbocycles. The van der Waals surface area contributed by atoms with Crippen molar-refractivity contribution in [3.63, 3.8) is 0 Å². The fourth-order valence-corrected chi connectivity index (χ4v) is 1.07. The number of ether oxygens (including phenoxy) is 1. The third-order valence-electron chi connectivity index (χ3n) is 1.12. The summed E-state index contributed by atoms with van der Waals surface area (Å²) in [6.45, 7) is 0. The van der Waals surface area contributed by atoms with Crippen LogP contribution in [-0.4, -0.2) is 24.8 Å². The Balaban J connectivity index is 3.28. The zero-order chi connectivity index (χ0) is 7.11. The maximum Gasteiger partial charge on any atom is 0.122 e. The Morgan fingerprint density at radius 1 is 1.78 bits per heavy atom. The lowest BCUT2D eigenvalue weighted by molar-refractivity contribution is -0.110. The second-order valence-corrected chi connectivity index (χ2v) is 2.53. The fraction of sp³-hybridized carbons (Fsp3) is 0.833. The van der Waals surface area contributed by atoms with Gasteiger partial charge in [0.15, 0.2) is 0 Å². The van der Waals surface area contributed by atoms with Gasteiger partial charge in [0.05, 0.1) is 6.10 Å². The molecule has 0 aromatic heterocycles. The number of rotatable bonds is 5. The smallest absolute Gasteiger partial charge is 0.122 e. The molecular weight excluding hydrogens is 184 g/mol. The molecule has 1 atom stereocenters. The summed E-state index contributed by atoms with van der Waals surface area (Å²) in [6.07, 6.45) is 2.38. The lowest BCUT2D eigenvalue weighted by atomic mass is 10.2. The van der Waals surface area contributed by atoms with E-state index in [9.17, 15) is 4.79 Å². The number of hydrogen-bond donors (Lipinski definition) is 0. The summed E-state index contributed by atoms with van der Waals surface area (Å²) in [4.78, 5) is 9.95. The first kappa shape index (κ1) is 9.11. The highest BCUT2D eigenvalue weighted by atomic mass is 79.9. The largest absolute Gasteiger partial charge is 0.381 e. The number of methoxy groups -OCH3 is 1. The maximum absolute atomic E-state index is 9.95. The molecule has 0 rings (SSSR count). The topological polar surface area (TPSA) is 26.3 Å². The predicted octanol–water partition coefficient (Wildman–Crippen LogP) is 1.38. The molecule has 3 heteroatoms. The molecule has 9 heavy (non-hydrogen) atoms. The molecule has 2 nitrogen and oxygen atoms in total. The molecule has 54 valence electrons. The predicted molar refractivity (Wildman–Crippen MR) is 39.9 cm³/mol. The van der Waals surface area contributed by atoms with Crippen LogP contribution in [0.25, 0.3) is 0 Å². The van der Waals surface area contributed by atoms with Crippen molar-refractivity contribution in [3.05, 3.63) is 0 Å². The summed E-state index contributed by atoms with van der Waals surface area (Å²) >= 11 is 3.26. The summed E-state index contributed by atoms with van der Waals surface area (Å²) in [5.41, 5.74) is 0. The van der Waals surface area contributed by atoms with Crippen molar-refractivity contribution in [3.8, 4) is 0 Å². The molecule has 0 heterocycles. The Bertz CT molecular complexity index is 75.5. The number of halogens is 1. The first-order valence-corrected chi connectivity index (χ1v) is 3.99. The maximum atomic E-state index is 9.95. The molecular formula is C6H11BrO2. The van der Waals surface area contributed by atoms with E-state index in [0.29, 0.717) is 6.42 Å². The SMILES string of the molecule is COC(CC=O)CCBr. The van der Waals surface area contributed by atoms with Gasteiger partial charge in [0.1, 0.15) is 6.29 Å². The first-order chi connectivity index (χ1) is 4.35. The lowest BCUT2D eigenvalue weighted by Crippen LogP contribution is -2.11. The Morgan fingerprint density at radius 2 is 2.44 bits per heavy atom. The van der Waals surface area contributed by atoms with Gasteiger partial charge < -0.3 is 9.53 Å². The van der Waals surface area contributed by atoms with E-state index in [-0.39, 0.29) is 6.10 Å². The van der Waals surface area contributed by atoms with E-state index in [4.69, 9.17) is 4.74 Å². The van der Waals surface area contributed by atoms with E-state index < -0.39 is 0 Å². The van der Waals surface area contributed by atoms with Crippen molar-refractivity contribution < 1.29 is 9.53 Å². The van der Waals surface area contributed by atoms with Crippen LogP contribution in [0.4, 0.5) is 0 Å². The molecule has 0 radical (unpaired) electrons. The summed E-state index contributed by atoms with van der Waals surface area (Å²) in [7, 11) is 1.62. The molecule has 0 aromatic rings. The second-order valence-electron chi connectivity index (χ2n) is 1.74.